The second-order valence-electron chi connectivity index (χ2n) is 6.54. The number of carbonyl (C=O) groups excluding carboxylic acids is 1. The van der Waals surface area contributed by atoms with Crippen LogP contribution in [-0.4, -0.2) is 34.8 Å². The number of amides is 1. The molecule has 0 spiro atoms. The van der Waals surface area contributed by atoms with E-state index in [1.165, 1.54) is 29.6 Å². The summed E-state index contributed by atoms with van der Waals surface area (Å²) in [6.07, 6.45) is 1.32. The largest absolute Gasteiger partial charge is 0.466 e. The van der Waals surface area contributed by atoms with Gasteiger partial charge in [0.15, 0.2) is 11.2 Å². The Balaban J connectivity index is 1.58. The number of rotatable bonds is 4. The fraction of sp³-hybridized carbons (Fsp3) is 0.294. The number of aryl methyl sites for hydroxylation is 3. The van der Waals surface area contributed by atoms with Crippen molar-refractivity contribution in [2.75, 3.05) is 5.32 Å². The maximum atomic E-state index is 12.4. The lowest BCUT2D eigenvalue weighted by Crippen LogP contribution is -2.37. The minimum absolute atomic E-state index is 0.0898. The van der Waals surface area contributed by atoms with E-state index >= 15 is 0 Å². The third kappa shape index (κ3) is 3.03. The second-order valence-corrected chi connectivity index (χ2v) is 6.54. The predicted molar refractivity (Wildman–Crippen MR) is 100 cm³/mol. The Hall–Kier alpha value is -3.96. The normalized spacial score (nSPS) is 11.3. The molecule has 0 saturated carbocycles. The fourth-order valence-corrected chi connectivity index (χ4v) is 3.06. The van der Waals surface area contributed by atoms with Gasteiger partial charge in [-0.05, 0) is 19.9 Å². The van der Waals surface area contributed by atoms with Crippen molar-refractivity contribution in [3.8, 4) is 11.5 Å². The van der Waals surface area contributed by atoms with Crippen molar-refractivity contribution in [3.63, 3.8) is 0 Å². The van der Waals surface area contributed by atoms with Gasteiger partial charge in [0.2, 0.25) is 5.91 Å². The lowest BCUT2D eigenvalue weighted by atomic mass is 10.2. The summed E-state index contributed by atoms with van der Waals surface area (Å²) in [6, 6.07) is 1.67. The summed E-state index contributed by atoms with van der Waals surface area (Å²) in [6.45, 7) is 3.33. The highest BCUT2D eigenvalue weighted by molar-refractivity contribution is 5.89. The van der Waals surface area contributed by atoms with Crippen LogP contribution in [0, 0.1) is 13.8 Å². The van der Waals surface area contributed by atoms with Gasteiger partial charge < -0.3 is 13.4 Å². The smallest absolute Gasteiger partial charge is 0.332 e. The highest BCUT2D eigenvalue weighted by Gasteiger charge is 2.18. The van der Waals surface area contributed by atoms with Crippen LogP contribution >= 0.6 is 0 Å². The molecule has 12 heteroatoms. The van der Waals surface area contributed by atoms with E-state index in [1.807, 2.05) is 0 Å². The highest BCUT2D eigenvalue weighted by Crippen LogP contribution is 2.26. The summed E-state index contributed by atoms with van der Waals surface area (Å²) in [5.74, 6) is 1.03. The fourth-order valence-electron chi connectivity index (χ4n) is 3.06. The quantitative estimate of drug-likeness (QED) is 0.517. The molecule has 0 aliphatic carbocycles. The molecule has 0 unspecified atom stereocenters. The van der Waals surface area contributed by atoms with Crippen LogP contribution in [0.5, 0.6) is 0 Å². The molecule has 29 heavy (non-hydrogen) atoms. The summed E-state index contributed by atoms with van der Waals surface area (Å²) in [5.41, 5.74) is -0.0718. The first kappa shape index (κ1) is 18.4. The van der Waals surface area contributed by atoms with Gasteiger partial charge in [0, 0.05) is 14.1 Å². The number of fused-ring (bicyclic) bond motifs is 1. The number of aromatic nitrogens is 6. The molecular formula is C17H17N7O5. The molecule has 0 atom stereocenters. The van der Waals surface area contributed by atoms with Gasteiger partial charge in [-0.3, -0.25) is 24.0 Å². The maximum Gasteiger partial charge on any atom is 0.332 e. The van der Waals surface area contributed by atoms with Crippen LogP contribution in [-0.2, 0) is 25.4 Å². The summed E-state index contributed by atoms with van der Waals surface area (Å²) in [7, 11) is 2.86. The number of nitrogens with one attached hydrogen (secondary N) is 1. The molecule has 0 saturated heterocycles. The Morgan fingerprint density at radius 1 is 1.14 bits per heavy atom. The van der Waals surface area contributed by atoms with Gasteiger partial charge in [-0.25, -0.2) is 9.78 Å². The molecule has 150 valence electrons. The van der Waals surface area contributed by atoms with Gasteiger partial charge in [-0.2, -0.15) is 0 Å². The highest BCUT2D eigenvalue weighted by atomic mass is 16.4. The number of carbonyl (C=O) groups is 1. The number of nitrogens with zero attached hydrogens (tertiary/aromatic N) is 6. The summed E-state index contributed by atoms with van der Waals surface area (Å²) < 4.78 is 14.4. The molecule has 0 aliphatic heterocycles. The monoisotopic (exact) mass is 399 g/mol. The van der Waals surface area contributed by atoms with E-state index < -0.39 is 17.2 Å². The molecule has 0 fully saturated rings. The van der Waals surface area contributed by atoms with Gasteiger partial charge >= 0.3 is 11.7 Å². The summed E-state index contributed by atoms with van der Waals surface area (Å²) >= 11 is 0. The van der Waals surface area contributed by atoms with Gasteiger partial charge in [0.05, 0.1) is 11.9 Å². The van der Waals surface area contributed by atoms with Crippen LogP contribution < -0.4 is 16.6 Å². The van der Waals surface area contributed by atoms with Crippen molar-refractivity contribution in [1.82, 2.24) is 28.9 Å². The van der Waals surface area contributed by atoms with Crippen molar-refractivity contribution in [2.45, 2.75) is 20.4 Å². The van der Waals surface area contributed by atoms with Gasteiger partial charge in [-0.15, -0.1) is 5.10 Å². The molecule has 12 nitrogen and oxygen atoms in total. The Morgan fingerprint density at radius 3 is 2.59 bits per heavy atom. The van der Waals surface area contributed by atoms with Crippen LogP contribution in [0.25, 0.3) is 22.6 Å². The van der Waals surface area contributed by atoms with E-state index in [4.69, 9.17) is 8.83 Å². The molecule has 4 heterocycles. The average molecular weight is 399 g/mol. The molecular weight excluding hydrogens is 382 g/mol. The zero-order valence-electron chi connectivity index (χ0n) is 16.1. The Labute approximate surface area is 162 Å². The van der Waals surface area contributed by atoms with Gasteiger partial charge in [-0.1, -0.05) is 5.10 Å². The Kier molecular flexibility index (Phi) is 4.18. The number of furan rings is 1. The van der Waals surface area contributed by atoms with Crippen molar-refractivity contribution in [2.24, 2.45) is 14.1 Å². The number of hydrogen-bond acceptors (Lipinski definition) is 8. The van der Waals surface area contributed by atoms with Gasteiger partial charge in [0.25, 0.3) is 11.4 Å². The molecule has 4 aromatic rings. The maximum absolute atomic E-state index is 12.4. The number of imidazole rings is 1. The first-order valence-electron chi connectivity index (χ1n) is 8.58. The molecule has 1 N–H and O–H groups in total. The molecule has 0 bridgehead atoms. The van der Waals surface area contributed by atoms with Crippen LogP contribution in [0.3, 0.4) is 0 Å². The average Bonchev–Trinajstić information content (AvgIpc) is 3.37. The lowest BCUT2D eigenvalue weighted by Gasteiger charge is -2.06. The third-order valence-corrected chi connectivity index (χ3v) is 4.47. The lowest BCUT2D eigenvalue weighted by molar-refractivity contribution is -0.116. The first-order valence-corrected chi connectivity index (χ1v) is 8.58. The zero-order valence-corrected chi connectivity index (χ0v) is 16.1. The first-order chi connectivity index (χ1) is 13.8. The molecule has 0 aliphatic rings. The Bertz CT molecular complexity index is 1370. The number of hydrogen-bond donors (Lipinski definition) is 1. The minimum atomic E-state index is -0.542. The molecule has 1 amide bonds. The summed E-state index contributed by atoms with van der Waals surface area (Å²) in [5, 5.41) is 10.2. The topological polar surface area (TPSA) is 143 Å². The van der Waals surface area contributed by atoms with E-state index in [2.05, 4.69) is 20.5 Å². The van der Waals surface area contributed by atoms with Crippen LogP contribution in [0.4, 0.5) is 6.01 Å². The molecule has 4 rings (SSSR count). The van der Waals surface area contributed by atoms with Crippen molar-refractivity contribution in [1.29, 1.82) is 0 Å². The van der Waals surface area contributed by atoms with Gasteiger partial charge in [0.1, 0.15) is 18.1 Å². The van der Waals surface area contributed by atoms with Crippen molar-refractivity contribution >= 4 is 23.1 Å². The van der Waals surface area contributed by atoms with E-state index in [0.29, 0.717) is 17.1 Å². The van der Waals surface area contributed by atoms with E-state index in [-0.39, 0.29) is 29.6 Å². The van der Waals surface area contributed by atoms with Crippen molar-refractivity contribution in [3.05, 3.63) is 44.8 Å². The SMILES string of the molecule is Cc1cc(-c2nnc(NC(=O)Cn3cnc4c3c(=O)n(C)c(=O)n4C)o2)c(C)o1. The minimum Gasteiger partial charge on any atom is -0.466 e. The van der Waals surface area contributed by atoms with E-state index in [9.17, 15) is 14.4 Å². The zero-order chi connectivity index (χ0) is 20.9. The standard InChI is InChI=1S/C17H17N7O5/c1-8-5-10(9(2)28-8)14-20-21-16(29-14)19-11(25)6-24-7-18-13-12(24)15(26)23(4)17(27)22(13)3/h5,7H,6H2,1-4H3,(H,19,21,25). The summed E-state index contributed by atoms with van der Waals surface area (Å²) in [4.78, 5) is 40.9. The molecule has 0 radical (unpaired) electrons. The third-order valence-electron chi connectivity index (χ3n) is 4.47. The van der Waals surface area contributed by atoms with E-state index in [0.717, 1.165) is 4.57 Å². The van der Waals surface area contributed by atoms with Crippen LogP contribution in [0.15, 0.2) is 30.8 Å². The predicted octanol–water partition coefficient (Wildman–Crippen LogP) is 0.332. The molecule has 0 aromatic carbocycles. The van der Waals surface area contributed by atoms with Crippen LogP contribution in [0.2, 0.25) is 0 Å². The van der Waals surface area contributed by atoms with Crippen molar-refractivity contribution < 1.29 is 13.6 Å². The van der Waals surface area contributed by atoms with E-state index in [1.54, 1.807) is 19.9 Å². The van der Waals surface area contributed by atoms with Crippen LogP contribution in [0.1, 0.15) is 11.5 Å². The Morgan fingerprint density at radius 2 is 1.90 bits per heavy atom. The second kappa shape index (κ2) is 6.58. The molecule has 4 aromatic heterocycles. The number of anilines is 1.